The van der Waals surface area contributed by atoms with Gasteiger partial charge in [-0.05, 0) is 73.7 Å². The number of anilines is 1. The van der Waals surface area contributed by atoms with Crippen molar-refractivity contribution in [2.24, 2.45) is 5.92 Å². The molecule has 0 spiro atoms. The van der Waals surface area contributed by atoms with Crippen molar-refractivity contribution in [3.63, 3.8) is 0 Å². The minimum absolute atomic E-state index is 0.205. The topological polar surface area (TPSA) is 98.1 Å². The zero-order valence-corrected chi connectivity index (χ0v) is 19.9. The zero-order chi connectivity index (χ0) is 22.9. The van der Waals surface area contributed by atoms with E-state index in [1.807, 2.05) is 49.7 Å². The second-order valence-corrected chi connectivity index (χ2v) is 9.87. The third kappa shape index (κ3) is 5.09. The molecule has 1 aliphatic rings. The Kier molecular flexibility index (Phi) is 6.19. The van der Waals surface area contributed by atoms with Gasteiger partial charge in [0.1, 0.15) is 5.60 Å². The van der Waals surface area contributed by atoms with Gasteiger partial charge >= 0.3 is 6.09 Å². The SMILES string of the molecule is CC(C)(C)OC(=O)NCC1CCn2ncc(C(=O)Nc3cccc4ncc(Br)cc34)c2C1. The van der Waals surface area contributed by atoms with Gasteiger partial charge in [0.15, 0.2) is 0 Å². The van der Waals surface area contributed by atoms with Crippen LogP contribution in [0.5, 0.6) is 0 Å². The fourth-order valence-corrected chi connectivity index (χ4v) is 4.16. The predicted octanol–water partition coefficient (Wildman–Crippen LogP) is 4.53. The summed E-state index contributed by atoms with van der Waals surface area (Å²) in [5.41, 5.74) is 2.39. The molecule has 168 valence electrons. The first kappa shape index (κ1) is 22.3. The number of ether oxygens (including phenoxy) is 1. The van der Waals surface area contributed by atoms with Gasteiger partial charge in [-0.1, -0.05) is 6.07 Å². The minimum Gasteiger partial charge on any atom is -0.444 e. The van der Waals surface area contributed by atoms with Gasteiger partial charge in [0.05, 0.1) is 28.7 Å². The summed E-state index contributed by atoms with van der Waals surface area (Å²) in [7, 11) is 0. The smallest absolute Gasteiger partial charge is 0.407 e. The van der Waals surface area contributed by atoms with Crippen molar-refractivity contribution in [3.8, 4) is 0 Å². The number of benzene rings is 1. The molecule has 2 aromatic heterocycles. The van der Waals surface area contributed by atoms with Crippen LogP contribution in [0.1, 0.15) is 43.2 Å². The van der Waals surface area contributed by atoms with E-state index >= 15 is 0 Å². The molecular weight excluding hydrogens is 474 g/mol. The molecule has 0 saturated heterocycles. The van der Waals surface area contributed by atoms with E-state index in [0.29, 0.717) is 30.8 Å². The lowest BCUT2D eigenvalue weighted by molar-refractivity contribution is 0.0516. The zero-order valence-electron chi connectivity index (χ0n) is 18.3. The highest BCUT2D eigenvalue weighted by molar-refractivity contribution is 9.10. The van der Waals surface area contributed by atoms with Crippen LogP contribution in [0, 0.1) is 5.92 Å². The molecule has 2 amide bonds. The van der Waals surface area contributed by atoms with E-state index in [4.69, 9.17) is 4.74 Å². The summed E-state index contributed by atoms with van der Waals surface area (Å²) in [6.45, 7) is 6.70. The van der Waals surface area contributed by atoms with Crippen LogP contribution < -0.4 is 10.6 Å². The number of hydrogen-bond donors (Lipinski definition) is 2. The normalized spacial score (nSPS) is 15.8. The Labute approximate surface area is 194 Å². The molecule has 1 atom stereocenters. The number of nitrogens with zero attached hydrogens (tertiary/aromatic N) is 3. The summed E-state index contributed by atoms with van der Waals surface area (Å²) < 4.78 is 8.03. The van der Waals surface area contributed by atoms with Crippen LogP contribution >= 0.6 is 15.9 Å². The summed E-state index contributed by atoms with van der Waals surface area (Å²) in [6, 6.07) is 7.56. The predicted molar refractivity (Wildman–Crippen MR) is 126 cm³/mol. The molecule has 4 rings (SSSR count). The number of carbonyl (C=O) groups is 2. The third-order valence-corrected chi connectivity index (χ3v) is 5.73. The van der Waals surface area contributed by atoms with E-state index in [0.717, 1.165) is 27.5 Å². The van der Waals surface area contributed by atoms with E-state index in [1.165, 1.54) is 0 Å². The Bertz CT molecular complexity index is 1170. The molecule has 9 heteroatoms. The Morgan fingerprint density at radius 3 is 2.88 bits per heavy atom. The standard InChI is InChI=1S/C23H26BrN5O3/c1-23(2,3)32-22(31)26-11-14-7-8-29-20(9-14)17(13-27-29)21(30)28-19-6-4-5-18-16(19)10-15(24)12-25-18/h4-6,10,12-14H,7-9,11H2,1-3H3,(H,26,31)(H,28,30). The summed E-state index contributed by atoms with van der Waals surface area (Å²) in [5, 5.41) is 11.1. The average Bonchev–Trinajstić information content (AvgIpc) is 3.15. The number of alkyl carbamates (subject to hydrolysis) is 1. The molecule has 3 heterocycles. The first-order valence-corrected chi connectivity index (χ1v) is 11.4. The van der Waals surface area contributed by atoms with Crippen molar-refractivity contribution in [2.75, 3.05) is 11.9 Å². The number of rotatable bonds is 4. The highest BCUT2D eigenvalue weighted by atomic mass is 79.9. The Hall–Kier alpha value is -2.94. The molecule has 1 aromatic carbocycles. The van der Waals surface area contributed by atoms with Gasteiger partial charge in [-0.2, -0.15) is 5.10 Å². The number of aryl methyl sites for hydroxylation is 1. The van der Waals surface area contributed by atoms with Crippen LogP contribution in [-0.4, -0.2) is 38.9 Å². The van der Waals surface area contributed by atoms with Crippen LogP contribution in [0.15, 0.2) is 41.1 Å². The molecule has 0 saturated carbocycles. The average molecular weight is 500 g/mol. The maximum Gasteiger partial charge on any atom is 0.407 e. The lowest BCUT2D eigenvalue weighted by Gasteiger charge is -2.25. The number of pyridine rings is 1. The Morgan fingerprint density at radius 2 is 2.09 bits per heavy atom. The summed E-state index contributed by atoms with van der Waals surface area (Å²) in [6.07, 6.45) is 4.45. The first-order chi connectivity index (χ1) is 15.2. The fraction of sp³-hybridized carbons (Fsp3) is 0.391. The third-order valence-electron chi connectivity index (χ3n) is 5.30. The van der Waals surface area contributed by atoms with Gasteiger partial charge in [-0.15, -0.1) is 0 Å². The van der Waals surface area contributed by atoms with Crippen LogP contribution in [-0.2, 0) is 17.7 Å². The van der Waals surface area contributed by atoms with E-state index in [9.17, 15) is 9.59 Å². The van der Waals surface area contributed by atoms with Crippen molar-refractivity contribution in [3.05, 3.63) is 52.4 Å². The van der Waals surface area contributed by atoms with Gasteiger partial charge in [-0.25, -0.2) is 4.79 Å². The van der Waals surface area contributed by atoms with Crippen molar-refractivity contribution in [1.82, 2.24) is 20.1 Å². The molecule has 0 fully saturated rings. The molecule has 32 heavy (non-hydrogen) atoms. The van der Waals surface area contributed by atoms with Gasteiger partial charge in [0.2, 0.25) is 0 Å². The molecule has 0 aliphatic carbocycles. The van der Waals surface area contributed by atoms with Crippen LogP contribution in [0.25, 0.3) is 10.9 Å². The van der Waals surface area contributed by atoms with E-state index < -0.39 is 11.7 Å². The monoisotopic (exact) mass is 499 g/mol. The molecule has 0 radical (unpaired) electrons. The highest BCUT2D eigenvalue weighted by Gasteiger charge is 2.26. The number of fused-ring (bicyclic) bond motifs is 2. The Balaban J connectivity index is 1.46. The van der Waals surface area contributed by atoms with Gasteiger partial charge in [0, 0.05) is 29.1 Å². The number of amides is 2. The molecule has 8 nitrogen and oxygen atoms in total. The maximum absolute atomic E-state index is 13.1. The Morgan fingerprint density at radius 1 is 1.28 bits per heavy atom. The van der Waals surface area contributed by atoms with Crippen LogP contribution in [0.2, 0.25) is 0 Å². The lowest BCUT2D eigenvalue weighted by atomic mass is 9.94. The molecule has 3 aromatic rings. The second-order valence-electron chi connectivity index (χ2n) is 8.95. The van der Waals surface area contributed by atoms with Crippen LogP contribution in [0.4, 0.5) is 10.5 Å². The summed E-state index contributed by atoms with van der Waals surface area (Å²) in [5.74, 6) is -0.00421. The van der Waals surface area contributed by atoms with E-state index in [1.54, 1.807) is 12.4 Å². The van der Waals surface area contributed by atoms with Crippen molar-refractivity contribution >= 4 is 44.5 Å². The summed E-state index contributed by atoms with van der Waals surface area (Å²) >= 11 is 3.44. The highest BCUT2D eigenvalue weighted by Crippen LogP contribution is 2.27. The van der Waals surface area contributed by atoms with E-state index in [-0.39, 0.29) is 11.8 Å². The molecule has 1 unspecified atom stereocenters. The molecular formula is C23H26BrN5O3. The lowest BCUT2D eigenvalue weighted by Crippen LogP contribution is -2.37. The van der Waals surface area contributed by atoms with Gasteiger partial charge < -0.3 is 15.4 Å². The van der Waals surface area contributed by atoms with Crippen LogP contribution in [0.3, 0.4) is 0 Å². The minimum atomic E-state index is -0.534. The number of halogens is 1. The maximum atomic E-state index is 13.1. The van der Waals surface area contributed by atoms with Crippen molar-refractivity contribution < 1.29 is 14.3 Å². The van der Waals surface area contributed by atoms with Gasteiger partial charge in [0.25, 0.3) is 5.91 Å². The molecule has 0 bridgehead atoms. The molecule has 2 N–H and O–H groups in total. The first-order valence-electron chi connectivity index (χ1n) is 10.6. The number of aromatic nitrogens is 3. The van der Waals surface area contributed by atoms with Gasteiger partial charge in [-0.3, -0.25) is 14.5 Å². The largest absolute Gasteiger partial charge is 0.444 e. The van der Waals surface area contributed by atoms with E-state index in [2.05, 4.69) is 36.6 Å². The quantitative estimate of drug-likeness (QED) is 0.549. The second kappa shape index (κ2) is 8.90. The number of nitrogens with one attached hydrogen (secondary N) is 2. The van der Waals surface area contributed by atoms with Crippen molar-refractivity contribution in [2.45, 2.75) is 45.8 Å². The molecule has 1 aliphatic heterocycles. The fourth-order valence-electron chi connectivity index (χ4n) is 3.83. The van der Waals surface area contributed by atoms with Crippen molar-refractivity contribution in [1.29, 1.82) is 0 Å². The number of carbonyl (C=O) groups excluding carboxylic acids is 2. The summed E-state index contributed by atoms with van der Waals surface area (Å²) in [4.78, 5) is 29.5. The number of hydrogen-bond acceptors (Lipinski definition) is 5.